The molecule has 2 aromatic rings. The number of carbonyl (C=O) groups is 1. The number of hydrogen-bond acceptors (Lipinski definition) is 3. The average Bonchev–Trinajstić information content (AvgIpc) is 2.99. The van der Waals surface area contributed by atoms with Crippen molar-refractivity contribution >= 4 is 23.6 Å². The molecule has 1 aromatic heterocycles. The standard InChI is InChI=1S/C16H16ClN3O2/c1-11(9-20-6-2-5-18-20)19-16(21)13-7-12-8-14(17)3-4-15(12)22-10-13/h2-8,11H,9-10H2,1H3,(H,19,21)/t11-/m1/s1. The van der Waals surface area contributed by atoms with Crippen molar-refractivity contribution in [2.45, 2.75) is 19.5 Å². The molecule has 114 valence electrons. The van der Waals surface area contributed by atoms with E-state index >= 15 is 0 Å². The lowest BCUT2D eigenvalue weighted by Crippen LogP contribution is -2.38. The van der Waals surface area contributed by atoms with E-state index in [2.05, 4.69) is 10.4 Å². The van der Waals surface area contributed by atoms with Crippen molar-refractivity contribution in [1.82, 2.24) is 15.1 Å². The number of halogens is 1. The van der Waals surface area contributed by atoms with Crippen LogP contribution in [0.25, 0.3) is 6.08 Å². The molecule has 22 heavy (non-hydrogen) atoms. The molecule has 0 radical (unpaired) electrons. The van der Waals surface area contributed by atoms with Gasteiger partial charge >= 0.3 is 0 Å². The summed E-state index contributed by atoms with van der Waals surface area (Å²) in [5.41, 5.74) is 1.41. The quantitative estimate of drug-likeness (QED) is 0.942. The van der Waals surface area contributed by atoms with Gasteiger partial charge in [0.1, 0.15) is 12.4 Å². The molecule has 0 aliphatic carbocycles. The van der Waals surface area contributed by atoms with Gasteiger partial charge in [-0.05, 0) is 37.3 Å². The van der Waals surface area contributed by atoms with E-state index in [0.29, 0.717) is 17.1 Å². The lowest BCUT2D eigenvalue weighted by Gasteiger charge is -2.20. The van der Waals surface area contributed by atoms with E-state index in [0.717, 1.165) is 11.3 Å². The van der Waals surface area contributed by atoms with E-state index in [4.69, 9.17) is 16.3 Å². The first-order chi connectivity index (χ1) is 10.6. The highest BCUT2D eigenvalue weighted by Crippen LogP contribution is 2.28. The molecule has 0 bridgehead atoms. The van der Waals surface area contributed by atoms with Crippen LogP contribution in [0, 0.1) is 0 Å². The van der Waals surface area contributed by atoms with Crippen molar-refractivity contribution in [1.29, 1.82) is 0 Å². The van der Waals surface area contributed by atoms with Gasteiger partial charge in [-0.2, -0.15) is 5.10 Å². The predicted molar refractivity (Wildman–Crippen MR) is 84.8 cm³/mol. The van der Waals surface area contributed by atoms with Crippen molar-refractivity contribution in [3.63, 3.8) is 0 Å². The number of aromatic nitrogens is 2. The second-order valence-corrected chi connectivity index (χ2v) is 5.68. The zero-order chi connectivity index (χ0) is 15.5. The maximum Gasteiger partial charge on any atom is 0.250 e. The Hall–Kier alpha value is -2.27. The minimum atomic E-state index is -0.134. The SMILES string of the molecule is C[C@H](Cn1cccn1)NC(=O)C1=Cc2cc(Cl)ccc2OC1. The molecule has 1 amide bonds. The zero-order valence-electron chi connectivity index (χ0n) is 12.1. The Balaban J connectivity index is 1.67. The fourth-order valence-electron chi connectivity index (χ4n) is 2.33. The minimum Gasteiger partial charge on any atom is -0.488 e. The molecule has 0 saturated heterocycles. The van der Waals surface area contributed by atoms with Crippen LogP contribution in [0.1, 0.15) is 12.5 Å². The van der Waals surface area contributed by atoms with E-state index in [9.17, 15) is 4.79 Å². The maximum absolute atomic E-state index is 12.3. The third-order valence-electron chi connectivity index (χ3n) is 3.37. The number of nitrogens with zero attached hydrogens (tertiary/aromatic N) is 2. The highest BCUT2D eigenvalue weighted by Gasteiger charge is 2.19. The normalized spacial score (nSPS) is 14.5. The molecule has 1 aromatic carbocycles. The number of ether oxygens (including phenoxy) is 1. The zero-order valence-corrected chi connectivity index (χ0v) is 12.9. The monoisotopic (exact) mass is 317 g/mol. The second kappa shape index (κ2) is 6.23. The highest BCUT2D eigenvalue weighted by atomic mass is 35.5. The summed E-state index contributed by atoms with van der Waals surface area (Å²) in [6, 6.07) is 7.19. The van der Waals surface area contributed by atoms with Gasteiger partial charge in [0.05, 0.1) is 12.1 Å². The first-order valence-corrected chi connectivity index (χ1v) is 7.41. The summed E-state index contributed by atoms with van der Waals surface area (Å²) in [7, 11) is 0. The van der Waals surface area contributed by atoms with Crippen molar-refractivity contribution in [3.05, 3.63) is 52.8 Å². The van der Waals surface area contributed by atoms with E-state index < -0.39 is 0 Å². The summed E-state index contributed by atoms with van der Waals surface area (Å²) < 4.78 is 7.38. The van der Waals surface area contributed by atoms with Crippen molar-refractivity contribution in [2.75, 3.05) is 6.61 Å². The maximum atomic E-state index is 12.3. The molecule has 0 spiro atoms. The Kier molecular flexibility index (Phi) is 4.15. The molecule has 1 aliphatic heterocycles. The van der Waals surface area contributed by atoms with Crippen molar-refractivity contribution < 1.29 is 9.53 Å². The first-order valence-electron chi connectivity index (χ1n) is 7.03. The van der Waals surface area contributed by atoms with Gasteiger partial charge in [-0.1, -0.05) is 11.6 Å². The van der Waals surface area contributed by atoms with Crippen LogP contribution in [0.4, 0.5) is 0 Å². The molecular weight excluding hydrogens is 302 g/mol. The van der Waals surface area contributed by atoms with Crippen molar-refractivity contribution in [2.24, 2.45) is 0 Å². The molecular formula is C16H16ClN3O2. The Bertz CT molecular complexity index is 710. The van der Waals surface area contributed by atoms with Crippen LogP contribution < -0.4 is 10.1 Å². The number of fused-ring (bicyclic) bond motifs is 1. The van der Waals surface area contributed by atoms with E-state index in [1.54, 1.807) is 23.0 Å². The van der Waals surface area contributed by atoms with Crippen LogP contribution in [0.5, 0.6) is 5.75 Å². The van der Waals surface area contributed by atoms with Crippen LogP contribution in [-0.4, -0.2) is 28.3 Å². The lowest BCUT2D eigenvalue weighted by molar-refractivity contribution is -0.118. The summed E-state index contributed by atoms with van der Waals surface area (Å²) in [4.78, 5) is 12.3. The fraction of sp³-hybridized carbons (Fsp3) is 0.250. The number of nitrogens with one attached hydrogen (secondary N) is 1. The van der Waals surface area contributed by atoms with Gasteiger partial charge in [-0.15, -0.1) is 0 Å². The van der Waals surface area contributed by atoms with Gasteiger partial charge in [0.2, 0.25) is 0 Å². The summed E-state index contributed by atoms with van der Waals surface area (Å²) in [6.45, 7) is 2.82. The first kappa shape index (κ1) is 14.7. The van der Waals surface area contributed by atoms with E-state index in [1.807, 2.05) is 31.3 Å². The summed E-state index contributed by atoms with van der Waals surface area (Å²) in [6.07, 6.45) is 5.40. The number of amides is 1. The average molecular weight is 318 g/mol. The number of hydrogen-bond donors (Lipinski definition) is 1. The number of rotatable bonds is 4. The summed E-state index contributed by atoms with van der Waals surface area (Å²) >= 11 is 5.97. The molecule has 3 rings (SSSR count). The Morgan fingerprint density at radius 1 is 1.55 bits per heavy atom. The van der Waals surface area contributed by atoms with Gasteiger partial charge < -0.3 is 10.1 Å². The molecule has 5 nitrogen and oxygen atoms in total. The van der Waals surface area contributed by atoms with Gasteiger partial charge in [0.25, 0.3) is 5.91 Å². The Labute approximate surface area is 133 Å². The topological polar surface area (TPSA) is 56.2 Å². The third-order valence-corrected chi connectivity index (χ3v) is 3.61. The van der Waals surface area contributed by atoms with Gasteiger partial charge in [-0.3, -0.25) is 9.48 Å². The van der Waals surface area contributed by atoms with Crippen LogP contribution in [0.3, 0.4) is 0 Å². The van der Waals surface area contributed by atoms with Crippen molar-refractivity contribution in [3.8, 4) is 5.75 Å². The predicted octanol–water partition coefficient (Wildman–Crippen LogP) is 2.52. The molecule has 6 heteroatoms. The van der Waals surface area contributed by atoms with E-state index in [1.165, 1.54) is 0 Å². The fourth-order valence-corrected chi connectivity index (χ4v) is 2.51. The minimum absolute atomic E-state index is 0.0333. The van der Waals surface area contributed by atoms with Gasteiger partial charge in [-0.25, -0.2) is 0 Å². The third kappa shape index (κ3) is 3.31. The van der Waals surface area contributed by atoms with Crippen LogP contribution in [0.15, 0.2) is 42.2 Å². The molecule has 0 unspecified atom stereocenters. The van der Waals surface area contributed by atoms with Crippen LogP contribution >= 0.6 is 11.6 Å². The highest BCUT2D eigenvalue weighted by molar-refractivity contribution is 6.30. The smallest absolute Gasteiger partial charge is 0.250 e. The van der Waals surface area contributed by atoms with Gasteiger partial charge in [0.15, 0.2) is 0 Å². The van der Waals surface area contributed by atoms with Crippen LogP contribution in [0.2, 0.25) is 5.02 Å². The largest absolute Gasteiger partial charge is 0.488 e. The second-order valence-electron chi connectivity index (χ2n) is 5.24. The molecule has 1 N–H and O–H groups in total. The number of carbonyl (C=O) groups excluding carboxylic acids is 1. The molecule has 0 fully saturated rings. The van der Waals surface area contributed by atoms with E-state index in [-0.39, 0.29) is 18.6 Å². The molecule has 2 heterocycles. The lowest BCUT2D eigenvalue weighted by atomic mass is 10.1. The number of benzene rings is 1. The molecule has 0 saturated carbocycles. The Morgan fingerprint density at radius 2 is 2.41 bits per heavy atom. The molecule has 1 atom stereocenters. The molecule has 1 aliphatic rings. The summed E-state index contributed by atoms with van der Waals surface area (Å²) in [5.74, 6) is 0.607. The van der Waals surface area contributed by atoms with Crippen LogP contribution in [-0.2, 0) is 11.3 Å². The Morgan fingerprint density at radius 3 is 3.18 bits per heavy atom. The summed E-state index contributed by atoms with van der Waals surface area (Å²) in [5, 5.41) is 7.70. The van der Waals surface area contributed by atoms with Gasteiger partial charge in [0, 0.05) is 29.0 Å².